The maximum absolute atomic E-state index is 13.9. The van der Waals surface area contributed by atoms with E-state index in [2.05, 4.69) is 5.32 Å². The molecule has 0 aliphatic heterocycles. The lowest BCUT2D eigenvalue weighted by Crippen LogP contribution is -2.44. The van der Waals surface area contributed by atoms with Crippen LogP contribution in [0.5, 0.6) is 0 Å². The van der Waals surface area contributed by atoms with Crippen molar-refractivity contribution in [2.75, 3.05) is 19.6 Å². The van der Waals surface area contributed by atoms with Gasteiger partial charge in [0.2, 0.25) is 5.91 Å². The number of hydrogen-bond donors (Lipinski definition) is 1. The average molecular weight is 428 g/mol. The molecule has 0 saturated carbocycles. The third-order valence-electron chi connectivity index (χ3n) is 3.50. The van der Waals surface area contributed by atoms with Crippen molar-refractivity contribution in [3.63, 3.8) is 0 Å². The third-order valence-corrected chi connectivity index (χ3v) is 3.50. The SMILES string of the molecule is CC(C)(C)OC(=O)CN(CCNC(=O)OC(C)(C)C)C(=O)Cc1ccc(F)cc1F. The van der Waals surface area contributed by atoms with Gasteiger partial charge >= 0.3 is 12.1 Å². The van der Waals surface area contributed by atoms with E-state index in [0.29, 0.717) is 6.07 Å². The number of nitrogens with one attached hydrogen (secondary N) is 1. The Morgan fingerprint density at radius 3 is 2.13 bits per heavy atom. The highest BCUT2D eigenvalue weighted by Crippen LogP contribution is 2.13. The minimum absolute atomic E-state index is 0.00399. The van der Waals surface area contributed by atoms with Gasteiger partial charge in [-0.1, -0.05) is 6.07 Å². The zero-order valence-electron chi connectivity index (χ0n) is 18.3. The summed E-state index contributed by atoms with van der Waals surface area (Å²) in [4.78, 5) is 37.8. The van der Waals surface area contributed by atoms with Crippen LogP contribution in [0.3, 0.4) is 0 Å². The van der Waals surface area contributed by atoms with E-state index in [1.165, 1.54) is 6.07 Å². The second-order valence-electron chi connectivity index (χ2n) is 8.74. The fraction of sp³-hybridized carbons (Fsp3) is 0.571. The lowest BCUT2D eigenvalue weighted by atomic mass is 10.1. The quantitative estimate of drug-likeness (QED) is 0.674. The van der Waals surface area contributed by atoms with Crippen LogP contribution in [0.15, 0.2) is 18.2 Å². The number of alkyl carbamates (subject to hydrolysis) is 1. The number of amides is 2. The summed E-state index contributed by atoms with van der Waals surface area (Å²) in [5.41, 5.74) is -1.43. The Morgan fingerprint density at radius 1 is 1.00 bits per heavy atom. The van der Waals surface area contributed by atoms with E-state index in [0.717, 1.165) is 11.0 Å². The van der Waals surface area contributed by atoms with Gasteiger partial charge in [0.15, 0.2) is 0 Å². The number of carbonyl (C=O) groups excluding carboxylic acids is 3. The van der Waals surface area contributed by atoms with E-state index < -0.39 is 40.8 Å². The Balaban J connectivity index is 2.81. The molecule has 0 heterocycles. The molecule has 168 valence electrons. The summed E-state index contributed by atoms with van der Waals surface area (Å²) in [5, 5.41) is 2.50. The molecule has 1 aromatic rings. The summed E-state index contributed by atoms with van der Waals surface area (Å²) < 4.78 is 37.3. The van der Waals surface area contributed by atoms with Gasteiger partial charge in [0.25, 0.3) is 0 Å². The first-order valence-electron chi connectivity index (χ1n) is 9.57. The van der Waals surface area contributed by atoms with Gasteiger partial charge in [-0.2, -0.15) is 0 Å². The van der Waals surface area contributed by atoms with Crippen molar-refractivity contribution in [3.8, 4) is 0 Å². The Labute approximate surface area is 175 Å². The molecule has 30 heavy (non-hydrogen) atoms. The molecule has 0 fully saturated rings. The largest absolute Gasteiger partial charge is 0.459 e. The van der Waals surface area contributed by atoms with Crippen molar-refractivity contribution in [1.29, 1.82) is 0 Å². The molecule has 0 unspecified atom stereocenters. The number of nitrogens with zero attached hydrogens (tertiary/aromatic N) is 1. The van der Waals surface area contributed by atoms with Gasteiger partial charge in [0.1, 0.15) is 29.4 Å². The topological polar surface area (TPSA) is 84.9 Å². The first-order chi connectivity index (χ1) is 13.7. The van der Waals surface area contributed by atoms with Crippen LogP contribution in [0.25, 0.3) is 0 Å². The summed E-state index contributed by atoms with van der Waals surface area (Å²) in [6, 6.07) is 2.91. The second kappa shape index (κ2) is 10.4. The normalized spacial score (nSPS) is 11.6. The first kappa shape index (κ1) is 25.3. The highest BCUT2D eigenvalue weighted by molar-refractivity contribution is 5.83. The Morgan fingerprint density at radius 2 is 1.60 bits per heavy atom. The predicted molar refractivity (Wildman–Crippen MR) is 107 cm³/mol. The maximum atomic E-state index is 13.9. The third kappa shape index (κ3) is 10.2. The maximum Gasteiger partial charge on any atom is 0.407 e. The number of rotatable bonds is 7. The van der Waals surface area contributed by atoms with Gasteiger partial charge in [-0.25, -0.2) is 13.6 Å². The van der Waals surface area contributed by atoms with Gasteiger partial charge in [-0.15, -0.1) is 0 Å². The van der Waals surface area contributed by atoms with E-state index in [1.807, 2.05) is 0 Å². The van der Waals surface area contributed by atoms with Crippen molar-refractivity contribution in [2.45, 2.75) is 59.2 Å². The molecule has 0 atom stereocenters. The Kier molecular flexibility index (Phi) is 8.74. The molecule has 7 nitrogen and oxygen atoms in total. The van der Waals surface area contributed by atoms with Crippen LogP contribution >= 0.6 is 0 Å². The predicted octanol–water partition coefficient (Wildman–Crippen LogP) is 3.20. The summed E-state index contributed by atoms with van der Waals surface area (Å²) in [5.74, 6) is -2.83. The molecule has 1 rings (SSSR count). The highest BCUT2D eigenvalue weighted by atomic mass is 19.1. The summed E-state index contributed by atoms with van der Waals surface area (Å²) >= 11 is 0. The monoisotopic (exact) mass is 428 g/mol. The average Bonchev–Trinajstić information content (AvgIpc) is 2.53. The van der Waals surface area contributed by atoms with Crippen molar-refractivity contribution < 1.29 is 32.6 Å². The van der Waals surface area contributed by atoms with Gasteiger partial charge in [0.05, 0.1) is 6.42 Å². The lowest BCUT2D eigenvalue weighted by molar-refractivity contribution is -0.158. The van der Waals surface area contributed by atoms with E-state index in [-0.39, 0.29) is 31.6 Å². The van der Waals surface area contributed by atoms with Gasteiger partial charge in [-0.05, 0) is 53.2 Å². The summed E-state index contributed by atoms with van der Waals surface area (Å²) in [7, 11) is 0. The second-order valence-corrected chi connectivity index (χ2v) is 8.74. The van der Waals surface area contributed by atoms with Crippen molar-refractivity contribution in [1.82, 2.24) is 10.2 Å². The first-order valence-corrected chi connectivity index (χ1v) is 9.57. The fourth-order valence-electron chi connectivity index (χ4n) is 2.37. The van der Waals surface area contributed by atoms with Gasteiger partial charge in [0, 0.05) is 19.2 Å². The van der Waals surface area contributed by atoms with E-state index in [9.17, 15) is 23.2 Å². The molecule has 0 aliphatic carbocycles. The molecule has 0 spiro atoms. The molecular formula is C21H30F2N2O5. The highest BCUT2D eigenvalue weighted by Gasteiger charge is 2.23. The van der Waals surface area contributed by atoms with Crippen molar-refractivity contribution in [3.05, 3.63) is 35.4 Å². The smallest absolute Gasteiger partial charge is 0.407 e. The number of hydrogen-bond acceptors (Lipinski definition) is 5. The Hall–Kier alpha value is -2.71. The molecule has 9 heteroatoms. The number of halogens is 2. The summed E-state index contributed by atoms with van der Waals surface area (Å²) in [6.07, 6.45) is -1.04. The minimum Gasteiger partial charge on any atom is -0.459 e. The minimum atomic E-state index is -0.854. The van der Waals surface area contributed by atoms with E-state index >= 15 is 0 Å². The number of benzene rings is 1. The molecule has 2 amide bonds. The zero-order chi connectivity index (χ0) is 23.1. The van der Waals surface area contributed by atoms with Crippen LogP contribution < -0.4 is 5.32 Å². The Bertz CT molecular complexity index is 770. The van der Waals surface area contributed by atoms with Crippen LogP contribution in [0.4, 0.5) is 13.6 Å². The van der Waals surface area contributed by atoms with E-state index in [1.54, 1.807) is 41.5 Å². The van der Waals surface area contributed by atoms with E-state index in [4.69, 9.17) is 9.47 Å². The fourth-order valence-corrected chi connectivity index (χ4v) is 2.37. The lowest BCUT2D eigenvalue weighted by Gasteiger charge is -2.26. The molecule has 0 bridgehead atoms. The standard InChI is InChI=1S/C21H30F2N2O5/c1-20(2,3)29-18(27)13-25(10-9-24-19(28)30-21(4,5)6)17(26)11-14-7-8-15(22)12-16(14)23/h7-8,12H,9-11,13H2,1-6H3,(H,24,28). The van der Waals surface area contributed by atoms with Crippen molar-refractivity contribution >= 4 is 18.0 Å². The molecule has 0 aromatic heterocycles. The molecule has 0 radical (unpaired) electrons. The van der Waals surface area contributed by atoms with Gasteiger partial charge < -0.3 is 19.7 Å². The van der Waals surface area contributed by atoms with Gasteiger partial charge in [-0.3, -0.25) is 9.59 Å². The zero-order valence-corrected chi connectivity index (χ0v) is 18.3. The van der Waals surface area contributed by atoms with Crippen LogP contribution in [0, 0.1) is 11.6 Å². The van der Waals surface area contributed by atoms with Crippen LogP contribution in [-0.4, -0.2) is 53.7 Å². The van der Waals surface area contributed by atoms with Crippen LogP contribution in [-0.2, 0) is 25.5 Å². The summed E-state index contributed by atoms with van der Waals surface area (Å²) in [6.45, 7) is 9.80. The van der Waals surface area contributed by atoms with Crippen LogP contribution in [0.2, 0.25) is 0 Å². The molecule has 1 aromatic carbocycles. The van der Waals surface area contributed by atoms with Crippen LogP contribution in [0.1, 0.15) is 47.1 Å². The number of esters is 1. The molecule has 0 aliphatic rings. The van der Waals surface area contributed by atoms with Crippen molar-refractivity contribution in [2.24, 2.45) is 0 Å². The number of carbonyl (C=O) groups is 3. The molecule has 0 saturated heterocycles. The molecular weight excluding hydrogens is 398 g/mol. The molecule has 1 N–H and O–H groups in total. The number of ether oxygens (including phenoxy) is 2.